The van der Waals surface area contributed by atoms with Gasteiger partial charge in [-0.1, -0.05) is 0 Å². The number of carbonyl (C=O) groups excluding carboxylic acids is 1. The second kappa shape index (κ2) is 4.86. The summed E-state index contributed by atoms with van der Waals surface area (Å²) in [5.41, 5.74) is -1.39. The van der Waals surface area contributed by atoms with E-state index >= 15 is 0 Å². The average Bonchev–Trinajstić information content (AvgIpc) is 2.26. The first kappa shape index (κ1) is 12.3. The fourth-order valence-electron chi connectivity index (χ4n) is 1.09. The summed E-state index contributed by atoms with van der Waals surface area (Å²) in [6.45, 7) is 0. The second-order valence-electron chi connectivity index (χ2n) is 2.66. The maximum atomic E-state index is 12.4. The van der Waals surface area contributed by atoms with Gasteiger partial charge in [0.2, 0.25) is 0 Å². The highest BCUT2D eigenvalue weighted by Gasteiger charge is 2.21. The van der Waals surface area contributed by atoms with Gasteiger partial charge in [0.15, 0.2) is 11.4 Å². The molecule has 0 amide bonds. The molecule has 0 atom stereocenters. The second-order valence-corrected chi connectivity index (χ2v) is 3.01. The molecule has 0 spiro atoms. The van der Waals surface area contributed by atoms with E-state index in [2.05, 4.69) is 4.98 Å². The Hall–Kier alpha value is -1.74. The molecule has 0 aliphatic rings. The van der Waals surface area contributed by atoms with E-state index in [1.165, 1.54) is 7.11 Å². The number of rotatable bonds is 3. The van der Waals surface area contributed by atoms with E-state index in [0.717, 1.165) is 6.07 Å². The number of nitriles is 1. The third-order valence-corrected chi connectivity index (χ3v) is 1.94. The van der Waals surface area contributed by atoms with Gasteiger partial charge in [0, 0.05) is 0 Å². The van der Waals surface area contributed by atoms with Crippen molar-refractivity contribution in [1.29, 1.82) is 5.26 Å². The van der Waals surface area contributed by atoms with E-state index in [0.29, 0.717) is 0 Å². The van der Waals surface area contributed by atoms with Crippen molar-refractivity contribution in [3.63, 3.8) is 0 Å². The number of carbonyl (C=O) groups is 1. The molecule has 1 aromatic heterocycles. The zero-order chi connectivity index (χ0) is 12.3. The molecule has 0 N–H and O–H groups in total. The van der Waals surface area contributed by atoms with Gasteiger partial charge in [-0.15, -0.1) is 0 Å². The van der Waals surface area contributed by atoms with Gasteiger partial charge in [0.1, 0.15) is 11.8 Å². The first-order chi connectivity index (χ1) is 7.51. The number of nitrogens with zero attached hydrogens (tertiary/aromatic N) is 2. The van der Waals surface area contributed by atoms with Crippen molar-refractivity contribution in [1.82, 2.24) is 4.98 Å². The van der Waals surface area contributed by atoms with Gasteiger partial charge < -0.3 is 4.74 Å². The van der Waals surface area contributed by atoms with Crippen LogP contribution in [0.5, 0.6) is 5.75 Å². The Kier molecular flexibility index (Phi) is 3.74. The van der Waals surface area contributed by atoms with Crippen LogP contribution >= 0.6 is 11.6 Å². The molecular weight excluding hydrogens is 242 g/mol. The third kappa shape index (κ3) is 2.25. The van der Waals surface area contributed by atoms with Crippen molar-refractivity contribution in [3.05, 3.63) is 23.0 Å². The van der Waals surface area contributed by atoms with E-state index in [-0.39, 0.29) is 11.3 Å². The molecule has 1 heterocycles. The van der Waals surface area contributed by atoms with Crippen molar-refractivity contribution >= 4 is 16.8 Å². The summed E-state index contributed by atoms with van der Waals surface area (Å²) < 4.78 is 29.5. The Labute approximate surface area is 94.4 Å². The van der Waals surface area contributed by atoms with Gasteiger partial charge in [-0.3, -0.25) is 4.79 Å². The van der Waals surface area contributed by atoms with Crippen LogP contribution in [0.1, 0.15) is 28.2 Å². The first-order valence-corrected chi connectivity index (χ1v) is 4.36. The smallest absolute Gasteiger partial charge is 0.280 e. The SMILES string of the molecule is COc1c(C(=O)Cl)cc(C(F)F)nc1C#N. The van der Waals surface area contributed by atoms with Crippen molar-refractivity contribution in [2.75, 3.05) is 7.11 Å². The molecule has 0 aromatic carbocycles. The first-order valence-electron chi connectivity index (χ1n) is 3.98. The highest BCUT2D eigenvalue weighted by atomic mass is 35.5. The molecule has 0 bridgehead atoms. The van der Waals surface area contributed by atoms with Crippen LogP contribution in [-0.2, 0) is 0 Å². The molecule has 0 saturated heterocycles. The molecule has 1 rings (SSSR count). The summed E-state index contributed by atoms with van der Waals surface area (Å²) in [5, 5.41) is 7.68. The monoisotopic (exact) mass is 246 g/mol. The van der Waals surface area contributed by atoms with Gasteiger partial charge in [-0.25, -0.2) is 13.8 Å². The number of hydrogen-bond acceptors (Lipinski definition) is 4. The Morgan fingerprint density at radius 3 is 2.69 bits per heavy atom. The molecule has 1 aromatic rings. The standard InChI is InChI=1S/C9H5ClF2N2O2/c1-16-7-4(8(10)15)2-5(9(11)12)14-6(7)3-13/h2,9H,1H3. The fourth-order valence-corrected chi connectivity index (χ4v) is 1.23. The number of aromatic nitrogens is 1. The molecule has 0 fully saturated rings. The van der Waals surface area contributed by atoms with Gasteiger partial charge in [0.05, 0.1) is 12.7 Å². The number of alkyl halides is 2. The lowest BCUT2D eigenvalue weighted by Crippen LogP contribution is -2.04. The van der Waals surface area contributed by atoms with E-state index < -0.39 is 23.1 Å². The predicted molar refractivity (Wildman–Crippen MR) is 50.6 cm³/mol. The molecule has 4 nitrogen and oxygen atoms in total. The Morgan fingerprint density at radius 1 is 1.69 bits per heavy atom. The largest absolute Gasteiger partial charge is 0.493 e. The van der Waals surface area contributed by atoms with Gasteiger partial charge in [-0.05, 0) is 17.7 Å². The molecule has 84 valence electrons. The number of methoxy groups -OCH3 is 1. The van der Waals surface area contributed by atoms with Crippen LogP contribution in [0.15, 0.2) is 6.07 Å². The third-order valence-electron chi connectivity index (χ3n) is 1.74. The summed E-state index contributed by atoms with van der Waals surface area (Å²) >= 11 is 5.19. The predicted octanol–water partition coefficient (Wildman–Crippen LogP) is 2.28. The van der Waals surface area contributed by atoms with Crippen LogP contribution < -0.4 is 4.74 Å². The topological polar surface area (TPSA) is 63.0 Å². The molecular formula is C9H5ClF2N2O2. The van der Waals surface area contributed by atoms with Crippen molar-refractivity contribution in [3.8, 4) is 11.8 Å². The minimum atomic E-state index is -2.90. The summed E-state index contributed by atoms with van der Waals surface area (Å²) in [7, 11) is 1.18. The summed E-state index contributed by atoms with van der Waals surface area (Å²) in [5.74, 6) is -0.202. The van der Waals surface area contributed by atoms with Crippen molar-refractivity contribution < 1.29 is 18.3 Å². The molecule has 0 saturated carbocycles. The van der Waals surface area contributed by atoms with E-state index in [1.807, 2.05) is 0 Å². The van der Waals surface area contributed by atoms with E-state index in [1.54, 1.807) is 6.07 Å². The van der Waals surface area contributed by atoms with Gasteiger partial charge in [0.25, 0.3) is 11.7 Å². The lowest BCUT2D eigenvalue weighted by atomic mass is 10.2. The minimum absolute atomic E-state index is 0.202. The summed E-state index contributed by atoms with van der Waals surface area (Å²) in [6.07, 6.45) is -2.90. The van der Waals surface area contributed by atoms with Gasteiger partial charge in [-0.2, -0.15) is 5.26 Å². The van der Waals surface area contributed by atoms with Crippen LogP contribution in [0.3, 0.4) is 0 Å². The fraction of sp³-hybridized carbons (Fsp3) is 0.222. The van der Waals surface area contributed by atoms with Crippen LogP contribution in [0.25, 0.3) is 0 Å². The molecule has 0 unspecified atom stereocenters. The quantitative estimate of drug-likeness (QED) is 0.768. The van der Waals surface area contributed by atoms with Crippen LogP contribution in [0.2, 0.25) is 0 Å². The number of halogens is 3. The number of pyridine rings is 1. The highest BCUT2D eigenvalue weighted by molar-refractivity contribution is 6.68. The van der Waals surface area contributed by atoms with Crippen LogP contribution in [0.4, 0.5) is 8.78 Å². The minimum Gasteiger partial charge on any atom is -0.493 e. The molecule has 0 aliphatic heterocycles. The lowest BCUT2D eigenvalue weighted by molar-refractivity contribution is 0.107. The van der Waals surface area contributed by atoms with Crippen LogP contribution in [0, 0.1) is 11.3 Å². The lowest BCUT2D eigenvalue weighted by Gasteiger charge is -2.08. The van der Waals surface area contributed by atoms with E-state index in [4.69, 9.17) is 21.6 Å². The van der Waals surface area contributed by atoms with E-state index in [9.17, 15) is 13.6 Å². The highest BCUT2D eigenvalue weighted by Crippen LogP contribution is 2.28. The molecule has 7 heteroatoms. The van der Waals surface area contributed by atoms with Crippen molar-refractivity contribution in [2.24, 2.45) is 0 Å². The Bertz CT molecular complexity index is 471. The summed E-state index contributed by atoms with van der Waals surface area (Å²) in [4.78, 5) is 14.3. The zero-order valence-corrected chi connectivity index (χ0v) is 8.76. The number of hydrogen-bond donors (Lipinski definition) is 0. The molecule has 0 aliphatic carbocycles. The molecule has 0 radical (unpaired) electrons. The summed E-state index contributed by atoms with van der Waals surface area (Å²) in [6, 6.07) is 2.36. The van der Waals surface area contributed by atoms with Gasteiger partial charge >= 0.3 is 0 Å². The maximum absolute atomic E-state index is 12.4. The molecule has 16 heavy (non-hydrogen) atoms. The maximum Gasteiger partial charge on any atom is 0.280 e. The normalized spacial score (nSPS) is 10.0. The van der Waals surface area contributed by atoms with Crippen LogP contribution in [-0.4, -0.2) is 17.3 Å². The Morgan fingerprint density at radius 2 is 2.31 bits per heavy atom. The number of ether oxygens (including phenoxy) is 1. The van der Waals surface area contributed by atoms with Crippen molar-refractivity contribution in [2.45, 2.75) is 6.43 Å². The average molecular weight is 247 g/mol. The zero-order valence-electron chi connectivity index (χ0n) is 8.00. The Balaban J connectivity index is 3.51.